The van der Waals surface area contributed by atoms with Gasteiger partial charge < -0.3 is 16.4 Å². The third-order valence-electron chi connectivity index (χ3n) is 6.97. The van der Waals surface area contributed by atoms with Crippen LogP contribution in [0.4, 0.5) is 11.4 Å². The van der Waals surface area contributed by atoms with Gasteiger partial charge in [0.2, 0.25) is 5.91 Å². The first-order valence-corrected chi connectivity index (χ1v) is 13.5. The standard InChI is InChI=1S/C28H28Cl2N8O2/c1-16-4-3-5-24(17-8-9-32-22(10-17)27-23(36-28(16)40)13-35-37(27)2)38-15-34-21(12-26(38)39)19-11-18(29)6-7-20(19)33-14-25(30)31/h6-16,24,33H,3-5,31H2,1-2H3,(H,36,40)/b25-14-. The van der Waals surface area contributed by atoms with E-state index in [2.05, 4.69) is 25.7 Å². The summed E-state index contributed by atoms with van der Waals surface area (Å²) in [6.45, 7) is 1.90. The molecule has 40 heavy (non-hydrogen) atoms. The molecular weight excluding hydrogens is 551 g/mol. The number of nitrogens with one attached hydrogen (secondary N) is 2. The zero-order valence-electron chi connectivity index (χ0n) is 21.9. The number of aryl methyl sites for hydroxylation is 1. The SMILES string of the molecule is CC1CCCC(n2cnc(-c3cc(Cl)ccc3N/C=C(\N)Cl)cc2=O)c2ccnc(c2)-c2c(cnn2C)NC1=O. The lowest BCUT2D eigenvalue weighted by Gasteiger charge is -2.23. The van der Waals surface area contributed by atoms with Crippen molar-refractivity contribution in [3.8, 4) is 22.6 Å². The van der Waals surface area contributed by atoms with Crippen LogP contribution in [0.25, 0.3) is 22.6 Å². The van der Waals surface area contributed by atoms with Crippen LogP contribution in [-0.4, -0.2) is 30.2 Å². The number of fused-ring (bicyclic) bond motifs is 4. The molecule has 0 aliphatic carbocycles. The van der Waals surface area contributed by atoms with E-state index >= 15 is 0 Å². The molecule has 0 saturated heterocycles. The van der Waals surface area contributed by atoms with Crippen LogP contribution in [0, 0.1) is 5.92 Å². The average molecular weight is 579 g/mol. The van der Waals surface area contributed by atoms with E-state index in [9.17, 15) is 9.59 Å². The Labute approximate surface area is 240 Å². The molecule has 1 amide bonds. The molecule has 4 N–H and O–H groups in total. The molecule has 2 atom stereocenters. The van der Waals surface area contributed by atoms with Crippen LogP contribution in [0.1, 0.15) is 37.8 Å². The van der Waals surface area contributed by atoms with Crippen molar-refractivity contribution in [1.29, 1.82) is 0 Å². The topological polar surface area (TPSA) is 133 Å². The predicted molar refractivity (Wildman–Crippen MR) is 157 cm³/mol. The fraction of sp³-hybridized carbons (Fsp3) is 0.250. The molecule has 2 unspecified atom stereocenters. The predicted octanol–water partition coefficient (Wildman–Crippen LogP) is 5.12. The number of rotatable bonds is 4. The highest BCUT2D eigenvalue weighted by Crippen LogP contribution is 2.33. The molecule has 3 aromatic heterocycles. The summed E-state index contributed by atoms with van der Waals surface area (Å²) in [5.41, 5.74) is 9.87. The van der Waals surface area contributed by atoms with Crippen molar-refractivity contribution in [1.82, 2.24) is 24.3 Å². The molecule has 4 aromatic rings. The molecule has 0 spiro atoms. The van der Waals surface area contributed by atoms with Gasteiger partial charge in [-0.05, 0) is 48.7 Å². The monoisotopic (exact) mass is 578 g/mol. The quantitative estimate of drug-likeness (QED) is 0.286. The Kier molecular flexibility index (Phi) is 7.90. The largest absolute Gasteiger partial charge is 0.388 e. The number of anilines is 2. The maximum absolute atomic E-state index is 13.6. The summed E-state index contributed by atoms with van der Waals surface area (Å²) in [4.78, 5) is 35.7. The van der Waals surface area contributed by atoms with E-state index in [1.54, 1.807) is 53.2 Å². The molecule has 12 heteroatoms. The molecule has 5 rings (SSSR count). The van der Waals surface area contributed by atoms with E-state index in [-0.39, 0.29) is 28.6 Å². The second-order valence-electron chi connectivity index (χ2n) is 9.72. The Bertz CT molecular complexity index is 1660. The highest BCUT2D eigenvalue weighted by Gasteiger charge is 2.23. The summed E-state index contributed by atoms with van der Waals surface area (Å²) >= 11 is 12.0. The number of amides is 1. The van der Waals surface area contributed by atoms with E-state index in [4.69, 9.17) is 28.9 Å². The fourth-order valence-corrected chi connectivity index (χ4v) is 5.11. The molecule has 4 heterocycles. The third kappa shape index (κ3) is 5.73. The number of halogens is 2. The zero-order valence-corrected chi connectivity index (χ0v) is 23.4. The van der Waals surface area contributed by atoms with Crippen LogP contribution < -0.4 is 21.9 Å². The molecule has 0 fully saturated rings. The van der Waals surface area contributed by atoms with Gasteiger partial charge in [-0.25, -0.2) is 4.98 Å². The molecule has 1 aromatic carbocycles. The molecule has 0 radical (unpaired) electrons. The highest BCUT2D eigenvalue weighted by atomic mass is 35.5. The van der Waals surface area contributed by atoms with Crippen LogP contribution in [0.5, 0.6) is 0 Å². The number of nitrogens with two attached hydrogens (primary N) is 1. The number of carbonyl (C=O) groups is 1. The first kappa shape index (κ1) is 27.4. The van der Waals surface area contributed by atoms with Crippen LogP contribution in [0.2, 0.25) is 5.02 Å². The van der Waals surface area contributed by atoms with Gasteiger partial charge in [0.25, 0.3) is 5.56 Å². The number of aromatic nitrogens is 5. The van der Waals surface area contributed by atoms with Gasteiger partial charge in [-0.3, -0.25) is 23.8 Å². The summed E-state index contributed by atoms with van der Waals surface area (Å²) in [7, 11) is 1.80. The Hall–Kier alpha value is -4.15. The van der Waals surface area contributed by atoms with Gasteiger partial charge in [0.1, 0.15) is 10.9 Å². The minimum Gasteiger partial charge on any atom is -0.388 e. The van der Waals surface area contributed by atoms with Crippen molar-refractivity contribution in [2.24, 2.45) is 18.7 Å². The number of hydrogen-bond donors (Lipinski definition) is 3. The smallest absolute Gasteiger partial charge is 0.254 e. The Balaban J connectivity index is 1.58. The van der Waals surface area contributed by atoms with Gasteiger partial charge >= 0.3 is 0 Å². The number of pyridine rings is 1. The summed E-state index contributed by atoms with van der Waals surface area (Å²) in [5, 5.41) is 10.9. The molecule has 2 bridgehead atoms. The van der Waals surface area contributed by atoms with Crippen LogP contribution >= 0.6 is 23.2 Å². The van der Waals surface area contributed by atoms with Gasteiger partial charge in [-0.2, -0.15) is 5.10 Å². The van der Waals surface area contributed by atoms with Crippen molar-refractivity contribution >= 4 is 40.5 Å². The number of hydrogen-bond acceptors (Lipinski definition) is 7. The Morgan fingerprint density at radius 1 is 1.15 bits per heavy atom. The van der Waals surface area contributed by atoms with Gasteiger partial charge in [0.15, 0.2) is 0 Å². The van der Waals surface area contributed by atoms with Crippen LogP contribution in [0.3, 0.4) is 0 Å². The van der Waals surface area contributed by atoms with Crippen molar-refractivity contribution in [3.05, 3.63) is 87.4 Å². The average Bonchev–Trinajstić information content (AvgIpc) is 3.29. The lowest BCUT2D eigenvalue weighted by molar-refractivity contribution is -0.119. The van der Waals surface area contributed by atoms with Crippen molar-refractivity contribution in [2.75, 3.05) is 10.6 Å². The Morgan fingerprint density at radius 2 is 1.98 bits per heavy atom. The normalized spacial score (nSPS) is 17.8. The van der Waals surface area contributed by atoms with Gasteiger partial charge in [0, 0.05) is 47.7 Å². The molecular formula is C28H28Cl2N8O2. The summed E-state index contributed by atoms with van der Waals surface area (Å²) in [5.74, 6) is -0.302. The molecule has 1 aliphatic heterocycles. The highest BCUT2D eigenvalue weighted by molar-refractivity contribution is 6.31. The summed E-state index contributed by atoms with van der Waals surface area (Å²) in [6.07, 6.45) is 8.33. The van der Waals surface area contributed by atoms with E-state index in [1.165, 1.54) is 12.3 Å². The van der Waals surface area contributed by atoms with Crippen molar-refractivity contribution in [3.63, 3.8) is 0 Å². The number of carbonyl (C=O) groups excluding carboxylic acids is 1. The zero-order chi connectivity index (χ0) is 28.4. The number of benzene rings is 1. The molecule has 206 valence electrons. The summed E-state index contributed by atoms with van der Waals surface area (Å²) in [6, 6.07) is 10.2. The Morgan fingerprint density at radius 3 is 2.75 bits per heavy atom. The first-order chi connectivity index (χ1) is 19.2. The summed E-state index contributed by atoms with van der Waals surface area (Å²) < 4.78 is 3.30. The maximum Gasteiger partial charge on any atom is 0.254 e. The minimum atomic E-state index is -0.321. The van der Waals surface area contributed by atoms with Gasteiger partial charge in [-0.1, -0.05) is 36.5 Å². The lowest BCUT2D eigenvalue weighted by Crippen LogP contribution is -2.26. The van der Waals surface area contributed by atoms with Gasteiger partial charge in [-0.15, -0.1) is 0 Å². The first-order valence-electron chi connectivity index (χ1n) is 12.8. The second kappa shape index (κ2) is 11.5. The fourth-order valence-electron chi connectivity index (χ4n) is 4.88. The van der Waals surface area contributed by atoms with Crippen LogP contribution in [0.15, 0.2) is 71.3 Å². The second-order valence-corrected chi connectivity index (χ2v) is 10.6. The van der Waals surface area contributed by atoms with Gasteiger partial charge in [0.05, 0.1) is 35.6 Å². The molecule has 10 nitrogen and oxygen atoms in total. The maximum atomic E-state index is 13.6. The van der Waals surface area contributed by atoms with E-state index in [1.807, 2.05) is 19.1 Å². The van der Waals surface area contributed by atoms with E-state index in [0.29, 0.717) is 51.9 Å². The minimum absolute atomic E-state index is 0.0774. The molecule has 0 saturated carbocycles. The lowest BCUT2D eigenvalue weighted by atomic mass is 9.95. The van der Waals surface area contributed by atoms with Crippen molar-refractivity contribution in [2.45, 2.75) is 32.2 Å². The third-order valence-corrected chi connectivity index (χ3v) is 7.31. The van der Waals surface area contributed by atoms with Crippen LogP contribution in [-0.2, 0) is 11.8 Å². The van der Waals surface area contributed by atoms with E-state index in [0.717, 1.165) is 12.0 Å². The van der Waals surface area contributed by atoms with Crippen molar-refractivity contribution < 1.29 is 4.79 Å². The number of nitrogens with zero attached hydrogens (tertiary/aromatic N) is 5. The van der Waals surface area contributed by atoms with E-state index < -0.39 is 0 Å². The molecule has 1 aliphatic rings.